The Morgan fingerprint density at radius 3 is 1.93 bits per heavy atom. The molecule has 0 aliphatic carbocycles. The van der Waals surface area contributed by atoms with Crippen molar-refractivity contribution in [2.24, 2.45) is 4.72 Å². The van der Waals surface area contributed by atoms with Crippen molar-refractivity contribution < 1.29 is 14.3 Å². The van der Waals surface area contributed by atoms with Crippen molar-refractivity contribution in [3.05, 3.63) is 32.7 Å². The van der Waals surface area contributed by atoms with Gasteiger partial charge in [-0.25, -0.2) is 0 Å². The van der Waals surface area contributed by atoms with Crippen LogP contribution in [0.2, 0.25) is 0 Å². The van der Waals surface area contributed by atoms with Crippen molar-refractivity contribution in [2.75, 3.05) is 0 Å². The number of rotatable bonds is 2. The maximum atomic E-state index is 11.9. The van der Waals surface area contributed by atoms with E-state index in [9.17, 15) is 4.79 Å². The molecule has 1 rings (SSSR count). The average molecular weight is 437 g/mol. The van der Waals surface area contributed by atoms with Gasteiger partial charge >= 0.3 is 118 Å². The van der Waals surface area contributed by atoms with Gasteiger partial charge in [-0.3, -0.25) is 0 Å². The van der Waals surface area contributed by atoms with Gasteiger partial charge < -0.3 is 0 Å². The van der Waals surface area contributed by atoms with Gasteiger partial charge in [0.1, 0.15) is 0 Å². The number of nitrogens with two attached hydrogens (primary N) is 1. The van der Waals surface area contributed by atoms with Crippen LogP contribution in [0, 0.1) is 0 Å². The molecule has 0 radical (unpaired) electrons. The average Bonchev–Trinajstić information content (AvgIpc) is 2.00. The third-order valence-corrected chi connectivity index (χ3v) is 5.85. The van der Waals surface area contributed by atoms with Crippen LogP contribution < -0.4 is 4.72 Å². The molecule has 0 bridgehead atoms. The summed E-state index contributed by atoms with van der Waals surface area (Å²) >= 11 is 6.42. The van der Waals surface area contributed by atoms with Crippen molar-refractivity contribution in [1.29, 1.82) is 0 Å². The molecule has 0 saturated heterocycles. The van der Waals surface area contributed by atoms with Crippen LogP contribution in [0.1, 0.15) is 10.4 Å². The van der Waals surface area contributed by atoms with Crippen molar-refractivity contribution in [2.45, 2.75) is 0 Å². The zero-order chi connectivity index (χ0) is 11.9. The monoisotopic (exact) mass is 434 g/mol. The Bertz CT molecular complexity index is 402. The molecule has 0 fully saturated rings. The summed E-state index contributed by atoms with van der Waals surface area (Å²) in [4.78, 5) is 11.9. The topological polar surface area (TPSA) is 43.1 Å². The zero-order valence-electron chi connectivity index (χ0n) is 7.02. The summed E-state index contributed by atoms with van der Waals surface area (Å²) < 4.78 is 5.90. The second-order valence-corrected chi connectivity index (χ2v) is 17.3. The molecule has 2 nitrogen and oxygen atoms in total. The van der Waals surface area contributed by atoms with Gasteiger partial charge in [0.15, 0.2) is 0 Å². The molecule has 8 heteroatoms. The predicted molar refractivity (Wildman–Crippen MR) is 67.9 cm³/mol. The Hall–Kier alpha value is 1.21. The van der Waals surface area contributed by atoms with Crippen LogP contribution in [0.4, 0.5) is 0 Å². The summed E-state index contributed by atoms with van der Waals surface area (Å²) in [7, 11) is 12.4. The van der Waals surface area contributed by atoms with E-state index < -0.39 is 14.1 Å². The fourth-order valence-corrected chi connectivity index (χ4v) is 4.50. The Morgan fingerprint density at radius 1 is 1.20 bits per heavy atom. The minimum atomic E-state index is -4.71. The molecule has 0 aliphatic rings. The maximum absolute atomic E-state index is 11.9. The van der Waals surface area contributed by atoms with E-state index in [1.54, 1.807) is 18.2 Å². The van der Waals surface area contributed by atoms with Crippen molar-refractivity contribution in [3.8, 4) is 0 Å². The normalized spacial score (nSPS) is 14.4. The van der Waals surface area contributed by atoms with E-state index in [4.69, 9.17) is 34.9 Å². The quantitative estimate of drug-likeness (QED) is 0.747. The van der Waals surface area contributed by atoms with Crippen LogP contribution in [-0.2, 0) is 9.46 Å². The second-order valence-electron chi connectivity index (χ2n) is 2.68. The Morgan fingerprint density at radius 2 is 1.60 bits per heavy atom. The number of hydrogen-bond donors (Lipinski definition) is 1. The van der Waals surface area contributed by atoms with Crippen LogP contribution in [0.25, 0.3) is 0 Å². The molecule has 0 heterocycles. The summed E-state index contributed by atoms with van der Waals surface area (Å²) in [5.41, 5.74) is 0.264. The van der Waals surface area contributed by atoms with Crippen LogP contribution in [0.5, 0.6) is 0 Å². The molecular formula is C7H5Br2Cl3CrNO. The predicted octanol–water partition coefficient (Wildman–Crippen LogP) is 4.38. The first-order chi connectivity index (χ1) is 6.60. The zero-order valence-corrected chi connectivity index (χ0v) is 13.7. The molecule has 1 aromatic rings. The van der Waals surface area contributed by atoms with E-state index in [0.29, 0.717) is 8.95 Å². The molecule has 85 valence electrons. The summed E-state index contributed by atoms with van der Waals surface area (Å²) in [6, 6.07) is 5.10. The molecule has 15 heavy (non-hydrogen) atoms. The number of benzene rings is 1. The van der Waals surface area contributed by atoms with Crippen molar-refractivity contribution in [1.82, 2.24) is 0 Å². The van der Waals surface area contributed by atoms with Crippen LogP contribution in [-0.4, -0.2) is 4.65 Å². The Labute approximate surface area is 117 Å². The van der Waals surface area contributed by atoms with E-state index in [2.05, 4.69) is 31.9 Å². The standard InChI is InChI=1S/C7H3Br2O.3ClH.Cr.H2N/c8-6-2-1-3-7(9)5(6)4-10;;;;;/h1-3H;3*1H;;1H2/q;;;;+4;-1/p-3. The van der Waals surface area contributed by atoms with E-state index in [1.165, 1.54) is 0 Å². The molecule has 0 atom stereocenters. The van der Waals surface area contributed by atoms with Gasteiger partial charge in [0.25, 0.3) is 0 Å². The number of hydrogen-bond acceptors (Lipinski definition) is 2. The molecule has 0 spiro atoms. The van der Waals surface area contributed by atoms with Gasteiger partial charge in [0.05, 0.1) is 0 Å². The Kier molecular flexibility index (Phi) is 4.26. The number of halogens is 5. The van der Waals surface area contributed by atoms with Gasteiger partial charge in [-0.1, -0.05) is 0 Å². The van der Waals surface area contributed by atoms with Crippen LogP contribution in [0.3, 0.4) is 0 Å². The Balaban J connectivity index is 3.37. The second kappa shape index (κ2) is 4.47. The molecule has 0 amide bonds. The molecule has 1 aromatic carbocycles. The summed E-state index contributed by atoms with van der Waals surface area (Å²) in [6.07, 6.45) is 0. The molecule has 0 saturated carbocycles. The fraction of sp³-hybridized carbons (Fsp3) is 0. The van der Waals surface area contributed by atoms with Crippen LogP contribution >= 0.6 is 62.0 Å². The first kappa shape index (κ1) is 14.3. The van der Waals surface area contributed by atoms with Crippen molar-refractivity contribution in [3.63, 3.8) is 0 Å². The minimum absolute atomic E-state index is 0.264. The molecule has 0 aromatic heterocycles. The number of carbonyl (C=O) groups is 1. The van der Waals surface area contributed by atoms with Gasteiger partial charge in [-0.15, -0.1) is 0 Å². The molecule has 2 N–H and O–H groups in total. The summed E-state index contributed by atoms with van der Waals surface area (Å²) in [5.74, 6) is 0. The van der Waals surface area contributed by atoms with E-state index >= 15 is 0 Å². The fourth-order valence-electron chi connectivity index (χ4n) is 0.867. The molecule has 0 aliphatic heterocycles. The van der Waals surface area contributed by atoms with E-state index in [0.717, 1.165) is 0 Å². The van der Waals surface area contributed by atoms with Gasteiger partial charge in [-0.05, 0) is 0 Å². The third kappa shape index (κ3) is 3.59. The van der Waals surface area contributed by atoms with Crippen molar-refractivity contribution >= 4 is 66.7 Å². The van der Waals surface area contributed by atoms with Gasteiger partial charge in [-0.2, -0.15) is 0 Å². The van der Waals surface area contributed by atoms with Gasteiger partial charge in [0, 0.05) is 0 Å². The summed E-state index contributed by atoms with van der Waals surface area (Å²) in [6.45, 7) is 0. The first-order valence-electron chi connectivity index (χ1n) is 3.48. The summed E-state index contributed by atoms with van der Waals surface area (Å²) in [5, 5.41) is 0. The van der Waals surface area contributed by atoms with Gasteiger partial charge in [0.2, 0.25) is 0 Å². The van der Waals surface area contributed by atoms with E-state index in [1.807, 2.05) is 0 Å². The molecule has 0 unspecified atom stereocenters. The first-order valence-corrected chi connectivity index (χ1v) is 11.7. The molecular weight excluding hydrogens is 432 g/mol. The number of carbonyl (C=O) groups excluding carboxylic acids is 1. The van der Waals surface area contributed by atoms with Crippen LogP contribution in [0.15, 0.2) is 27.1 Å². The SMILES string of the molecule is [NH2][Cr]([Cl])([Cl])([Cl])[C](=O)c1c(Br)cccc1Br. The van der Waals surface area contributed by atoms with E-state index in [-0.39, 0.29) is 5.56 Å². The third-order valence-electron chi connectivity index (χ3n) is 1.48.